The summed E-state index contributed by atoms with van der Waals surface area (Å²) in [5, 5.41) is 6.50. The zero-order chi connectivity index (χ0) is 12.4. The van der Waals surface area contributed by atoms with Crippen molar-refractivity contribution < 1.29 is 0 Å². The summed E-state index contributed by atoms with van der Waals surface area (Å²) in [4.78, 5) is 1.30. The molecule has 3 heteroatoms. The van der Waals surface area contributed by atoms with E-state index >= 15 is 0 Å². The Bertz CT molecular complexity index is 336. The van der Waals surface area contributed by atoms with Gasteiger partial charge in [0.05, 0.1) is 5.02 Å². The fourth-order valence-corrected chi connectivity index (χ4v) is 3.11. The molecule has 0 aromatic carbocycles. The van der Waals surface area contributed by atoms with Crippen molar-refractivity contribution in [2.45, 2.75) is 52.0 Å². The Hall–Kier alpha value is -0.0500. The summed E-state index contributed by atoms with van der Waals surface area (Å²) in [6, 6.07) is 1.99. The Kier molecular flexibility index (Phi) is 4.44. The van der Waals surface area contributed by atoms with Crippen LogP contribution in [0.4, 0.5) is 0 Å². The van der Waals surface area contributed by atoms with E-state index in [1.54, 1.807) is 11.3 Å². The van der Waals surface area contributed by atoms with Gasteiger partial charge in [-0.3, -0.25) is 0 Å². The highest BCUT2D eigenvalue weighted by atomic mass is 35.5. The van der Waals surface area contributed by atoms with Gasteiger partial charge in [0, 0.05) is 15.8 Å². The minimum absolute atomic E-state index is 0.156. The van der Waals surface area contributed by atoms with E-state index in [0.29, 0.717) is 0 Å². The number of halogens is 1. The Labute approximate surface area is 108 Å². The van der Waals surface area contributed by atoms with E-state index in [9.17, 15) is 0 Å². The Morgan fingerprint density at radius 2 is 1.88 bits per heavy atom. The maximum absolute atomic E-state index is 6.18. The highest BCUT2D eigenvalue weighted by Crippen LogP contribution is 2.36. The molecule has 0 aliphatic heterocycles. The van der Waals surface area contributed by atoms with Crippen LogP contribution in [0, 0.1) is 0 Å². The largest absolute Gasteiger partial charge is 0.312 e. The molecule has 1 rings (SSSR count). The van der Waals surface area contributed by atoms with E-state index in [2.05, 4.69) is 45.3 Å². The van der Waals surface area contributed by atoms with Crippen molar-refractivity contribution in [3.8, 4) is 0 Å². The van der Waals surface area contributed by atoms with Crippen LogP contribution >= 0.6 is 22.9 Å². The molecule has 0 atom stereocenters. The van der Waals surface area contributed by atoms with Crippen molar-refractivity contribution in [2.24, 2.45) is 0 Å². The van der Waals surface area contributed by atoms with Crippen LogP contribution in [0.25, 0.3) is 0 Å². The molecule has 0 saturated heterocycles. The van der Waals surface area contributed by atoms with E-state index in [-0.39, 0.29) is 11.0 Å². The van der Waals surface area contributed by atoms with Crippen LogP contribution in [0.1, 0.15) is 45.9 Å². The third kappa shape index (κ3) is 4.08. The predicted molar refractivity (Wildman–Crippen MR) is 74.7 cm³/mol. The van der Waals surface area contributed by atoms with Crippen molar-refractivity contribution in [3.05, 3.63) is 21.3 Å². The minimum atomic E-state index is 0.156. The number of nitrogens with one attached hydrogen (secondary N) is 1. The molecule has 16 heavy (non-hydrogen) atoms. The summed E-state index contributed by atoms with van der Waals surface area (Å²) in [6.45, 7) is 12.1. The predicted octanol–water partition coefficient (Wildman–Crippen LogP) is 4.46. The second kappa shape index (κ2) is 5.07. The average Bonchev–Trinajstić information content (AvgIpc) is 2.48. The molecule has 0 fully saturated rings. The smallest absolute Gasteiger partial charge is 0.0550 e. The molecule has 0 bridgehead atoms. The summed E-state index contributed by atoms with van der Waals surface area (Å²) in [6.07, 6.45) is 1.10. The average molecular weight is 260 g/mol. The first-order valence-electron chi connectivity index (χ1n) is 5.71. The fourth-order valence-electron chi connectivity index (χ4n) is 1.64. The van der Waals surface area contributed by atoms with Crippen LogP contribution in [0.2, 0.25) is 5.02 Å². The number of thiophene rings is 1. The lowest BCUT2D eigenvalue weighted by Crippen LogP contribution is -2.38. The van der Waals surface area contributed by atoms with Gasteiger partial charge in [-0.15, -0.1) is 11.3 Å². The highest BCUT2D eigenvalue weighted by molar-refractivity contribution is 7.10. The minimum Gasteiger partial charge on any atom is -0.312 e. The summed E-state index contributed by atoms with van der Waals surface area (Å²) in [5.41, 5.74) is 0.346. The molecule has 1 aromatic rings. The molecule has 1 N–H and O–H groups in total. The summed E-state index contributed by atoms with van der Waals surface area (Å²) in [5.74, 6) is 0. The van der Waals surface area contributed by atoms with E-state index in [1.165, 1.54) is 4.88 Å². The molecule has 0 aliphatic rings. The number of hydrogen-bond acceptors (Lipinski definition) is 2. The van der Waals surface area contributed by atoms with Crippen molar-refractivity contribution in [1.29, 1.82) is 0 Å². The maximum atomic E-state index is 6.18. The van der Waals surface area contributed by atoms with Crippen LogP contribution in [0.15, 0.2) is 11.4 Å². The zero-order valence-electron chi connectivity index (χ0n) is 10.9. The third-order valence-electron chi connectivity index (χ3n) is 2.64. The van der Waals surface area contributed by atoms with E-state index in [1.807, 2.05) is 6.07 Å². The second-order valence-electron chi connectivity index (χ2n) is 5.91. The summed E-state index contributed by atoms with van der Waals surface area (Å²) in [7, 11) is 0. The molecule has 1 heterocycles. The number of hydrogen-bond donors (Lipinski definition) is 1. The Morgan fingerprint density at radius 1 is 1.25 bits per heavy atom. The van der Waals surface area contributed by atoms with Gasteiger partial charge in [-0.25, -0.2) is 0 Å². The first-order chi connectivity index (χ1) is 7.22. The molecule has 0 unspecified atom stereocenters. The van der Waals surface area contributed by atoms with Crippen LogP contribution in [-0.4, -0.2) is 12.1 Å². The van der Waals surface area contributed by atoms with Crippen LogP contribution in [-0.2, 0) is 5.41 Å². The maximum Gasteiger partial charge on any atom is 0.0550 e. The molecular formula is C13H22ClNS. The molecular weight excluding hydrogens is 238 g/mol. The first-order valence-corrected chi connectivity index (χ1v) is 6.97. The zero-order valence-corrected chi connectivity index (χ0v) is 12.4. The highest BCUT2D eigenvalue weighted by Gasteiger charge is 2.24. The van der Waals surface area contributed by atoms with Gasteiger partial charge in [-0.2, -0.15) is 0 Å². The summed E-state index contributed by atoms with van der Waals surface area (Å²) < 4.78 is 0. The van der Waals surface area contributed by atoms with Crippen molar-refractivity contribution in [3.63, 3.8) is 0 Å². The van der Waals surface area contributed by atoms with Gasteiger partial charge in [0.15, 0.2) is 0 Å². The van der Waals surface area contributed by atoms with Crippen LogP contribution in [0.3, 0.4) is 0 Å². The summed E-state index contributed by atoms with van der Waals surface area (Å²) >= 11 is 7.94. The lowest BCUT2D eigenvalue weighted by atomic mass is 9.87. The first kappa shape index (κ1) is 14.0. The molecule has 0 amide bonds. The molecule has 1 aromatic heterocycles. The van der Waals surface area contributed by atoms with Crippen molar-refractivity contribution >= 4 is 22.9 Å². The number of rotatable bonds is 4. The van der Waals surface area contributed by atoms with Gasteiger partial charge >= 0.3 is 0 Å². The third-order valence-corrected chi connectivity index (χ3v) is 4.34. The van der Waals surface area contributed by atoms with Gasteiger partial charge in [-0.05, 0) is 45.2 Å². The monoisotopic (exact) mass is 259 g/mol. The quantitative estimate of drug-likeness (QED) is 0.842. The van der Waals surface area contributed by atoms with Gasteiger partial charge in [0.1, 0.15) is 0 Å². The molecule has 0 radical (unpaired) electrons. The van der Waals surface area contributed by atoms with Crippen LogP contribution in [0.5, 0.6) is 0 Å². The molecule has 0 saturated carbocycles. The van der Waals surface area contributed by atoms with Gasteiger partial charge < -0.3 is 5.32 Å². The topological polar surface area (TPSA) is 12.0 Å². The Balaban J connectivity index is 2.56. The second-order valence-corrected chi connectivity index (χ2v) is 7.23. The molecule has 0 aliphatic carbocycles. The fraction of sp³-hybridized carbons (Fsp3) is 0.692. The van der Waals surface area contributed by atoms with E-state index in [0.717, 1.165) is 18.0 Å². The standard InChI is InChI=1S/C13H22ClNS/c1-12(2,3)15-8-7-13(4,5)11-10(14)6-9-16-11/h6,9,15H,7-8H2,1-5H3. The normalized spacial score (nSPS) is 13.1. The van der Waals surface area contributed by atoms with Gasteiger partial charge in [0.25, 0.3) is 0 Å². The van der Waals surface area contributed by atoms with Crippen molar-refractivity contribution in [2.75, 3.05) is 6.54 Å². The van der Waals surface area contributed by atoms with E-state index < -0.39 is 0 Å². The van der Waals surface area contributed by atoms with Gasteiger partial charge in [-0.1, -0.05) is 25.4 Å². The molecule has 1 nitrogen and oxygen atoms in total. The lowest BCUT2D eigenvalue weighted by Gasteiger charge is -2.27. The SMILES string of the molecule is CC(C)(C)NCCC(C)(C)c1sccc1Cl. The van der Waals surface area contributed by atoms with Crippen molar-refractivity contribution in [1.82, 2.24) is 5.32 Å². The van der Waals surface area contributed by atoms with E-state index in [4.69, 9.17) is 11.6 Å². The van der Waals surface area contributed by atoms with Gasteiger partial charge in [0.2, 0.25) is 0 Å². The lowest BCUT2D eigenvalue weighted by molar-refractivity contribution is 0.382. The molecule has 92 valence electrons. The van der Waals surface area contributed by atoms with Crippen LogP contribution < -0.4 is 5.32 Å². The Morgan fingerprint density at radius 3 is 2.31 bits per heavy atom. The molecule has 0 spiro atoms.